The van der Waals surface area contributed by atoms with Crippen LogP contribution in [0.4, 0.5) is 11.7 Å². The lowest BCUT2D eigenvalue weighted by Gasteiger charge is -2.44. The molecule has 0 aliphatic heterocycles. The van der Waals surface area contributed by atoms with Crippen molar-refractivity contribution in [3.8, 4) is 0 Å². The van der Waals surface area contributed by atoms with Gasteiger partial charge in [-0.2, -0.15) is 37.2 Å². The molecule has 2 aliphatic carbocycles. The molecular formula is C14H14F3O8S3-. The molecule has 0 aromatic carbocycles. The molecule has 0 spiro atoms. The van der Waals surface area contributed by atoms with Gasteiger partial charge in [0.2, 0.25) is 0 Å². The third-order valence-electron chi connectivity index (χ3n) is 4.29. The molecule has 1 unspecified atom stereocenters. The van der Waals surface area contributed by atoms with Gasteiger partial charge in [0.25, 0.3) is 20.4 Å². The van der Waals surface area contributed by atoms with E-state index < -0.39 is 74.5 Å². The Labute approximate surface area is 160 Å². The number of halogens is 3. The zero-order valence-corrected chi connectivity index (χ0v) is 16.8. The van der Waals surface area contributed by atoms with Gasteiger partial charge >= 0.3 is 10.2 Å². The minimum atomic E-state index is -5.97. The van der Waals surface area contributed by atoms with Gasteiger partial charge in [-0.1, -0.05) is 24.8 Å². The molecular weight excluding hydrogens is 449 g/mol. The van der Waals surface area contributed by atoms with E-state index in [1.54, 1.807) is 0 Å². The summed E-state index contributed by atoms with van der Waals surface area (Å²) in [5, 5.41) is -2.85. The van der Waals surface area contributed by atoms with Crippen molar-refractivity contribution in [2.24, 2.45) is 11.3 Å². The minimum Gasteiger partial charge on any atom is -0.300 e. The highest BCUT2D eigenvalue weighted by atomic mass is 32.3. The summed E-state index contributed by atoms with van der Waals surface area (Å²) in [6, 6.07) is 0. The molecule has 28 heavy (non-hydrogen) atoms. The predicted octanol–water partition coefficient (Wildman–Crippen LogP) is 1.18. The molecule has 8 nitrogen and oxygen atoms in total. The highest BCUT2D eigenvalue weighted by Gasteiger charge is 2.47. The topological polar surface area (TPSA) is 137 Å². The number of allylic oxidation sites excluding steroid dienone is 2. The van der Waals surface area contributed by atoms with Gasteiger partial charge in [-0.3, -0.25) is 0 Å². The fraction of sp³-hybridized carbons (Fsp3) is 0.500. The quantitative estimate of drug-likeness (QED) is 0.344. The molecule has 0 radical (unpaired) electrons. The predicted molar refractivity (Wildman–Crippen MR) is 89.8 cm³/mol. The van der Waals surface area contributed by atoms with E-state index in [4.69, 9.17) is 0 Å². The maximum absolute atomic E-state index is 13.8. The first-order valence-electron chi connectivity index (χ1n) is 7.53. The van der Waals surface area contributed by atoms with Crippen molar-refractivity contribution in [1.29, 1.82) is 0 Å². The zero-order chi connectivity index (χ0) is 21.9. The van der Waals surface area contributed by atoms with Gasteiger partial charge in [-0.25, -0.2) is 0 Å². The fourth-order valence-electron chi connectivity index (χ4n) is 3.28. The van der Waals surface area contributed by atoms with E-state index >= 15 is 0 Å². The molecule has 0 aromatic heterocycles. The first kappa shape index (κ1) is 22.6. The van der Waals surface area contributed by atoms with Gasteiger partial charge < -0.3 is 9.59 Å². The molecule has 1 atom stereocenters. The molecule has 0 aromatic rings. The van der Waals surface area contributed by atoms with E-state index in [1.807, 2.05) is 0 Å². The van der Waals surface area contributed by atoms with Crippen LogP contribution in [-0.2, 0) is 40.3 Å². The number of Topliss-reactive ketones (excluding diaryl/α,β-unsaturated/α-hetero) is 2. The van der Waals surface area contributed by atoms with Crippen molar-refractivity contribution in [3.05, 3.63) is 27.9 Å². The van der Waals surface area contributed by atoms with Crippen LogP contribution in [0.15, 0.2) is 22.0 Å². The van der Waals surface area contributed by atoms with Gasteiger partial charge in [0.1, 0.15) is 11.6 Å². The monoisotopic (exact) mass is 463 g/mol. The average Bonchev–Trinajstić information content (AvgIpc) is 2.41. The molecule has 1 saturated carbocycles. The Hall–Kier alpha value is -1.67. The summed E-state index contributed by atoms with van der Waals surface area (Å²) in [5.41, 5.74) is -0.869. The molecule has 2 aliphatic rings. The number of hydrogen-bond donors (Lipinski definition) is 0. The van der Waals surface area contributed by atoms with E-state index in [1.165, 1.54) is 13.8 Å². The lowest BCUT2D eigenvalue weighted by atomic mass is 9.67. The second kappa shape index (κ2) is 6.69. The third kappa shape index (κ3) is 4.49. The number of carbonyl (C=O) groups excluding carboxylic acids is 2. The number of rotatable bonds is 4. The number of ketones is 2. The van der Waals surface area contributed by atoms with Crippen LogP contribution in [0.5, 0.6) is 0 Å². The fourth-order valence-corrected chi connectivity index (χ4v) is 5.74. The Balaban J connectivity index is 2.79. The minimum absolute atomic E-state index is 0.0189. The number of carbonyl (C=O) groups is 2. The lowest BCUT2D eigenvalue weighted by Crippen LogP contribution is -2.46. The number of hydrogen-bond acceptors (Lipinski definition) is 8. The summed E-state index contributed by atoms with van der Waals surface area (Å²) >= 11 is 0. The molecule has 0 bridgehead atoms. The van der Waals surface area contributed by atoms with Crippen molar-refractivity contribution < 1.29 is 46.5 Å². The molecule has 14 heteroatoms. The third-order valence-corrected chi connectivity index (χ3v) is 6.98. The molecule has 2 rings (SSSR count). The standard InChI is InChI=1S/C14H14F3O8S3/c1-14(2)5-8(18)12(9(19)6-14)13-10(27(16,22)23)3-7(26(15,20)21)4-11(13)28(17,24)25/h3-4,10,12H,5-6H2,1-2H3/q-1. The van der Waals surface area contributed by atoms with Crippen molar-refractivity contribution >= 4 is 42.2 Å². The highest BCUT2D eigenvalue weighted by Crippen LogP contribution is 2.46. The summed E-state index contributed by atoms with van der Waals surface area (Å²) in [6.45, 7) is 3.04. The van der Waals surface area contributed by atoms with Crippen molar-refractivity contribution in [2.75, 3.05) is 0 Å². The van der Waals surface area contributed by atoms with Crippen LogP contribution in [-0.4, -0.2) is 42.1 Å². The first-order chi connectivity index (χ1) is 12.3. The van der Waals surface area contributed by atoms with Gasteiger partial charge in [-0.05, 0) is 5.41 Å². The molecule has 0 saturated heterocycles. The van der Waals surface area contributed by atoms with Gasteiger partial charge in [0.15, 0.2) is 0 Å². The van der Waals surface area contributed by atoms with E-state index in [-0.39, 0.29) is 25.0 Å². The molecule has 0 N–H and O–H groups in total. The van der Waals surface area contributed by atoms with E-state index in [2.05, 4.69) is 0 Å². The molecule has 1 fully saturated rings. The Bertz CT molecular complexity index is 1090. The SMILES string of the molecule is CC1(C)CC(=O)C([C-]2C(S(=O)(=O)F)=CC(S(=O)(=O)F)=CC2S(=O)(=O)F)C(=O)C1. The Morgan fingerprint density at radius 3 is 1.75 bits per heavy atom. The highest BCUT2D eigenvalue weighted by molar-refractivity contribution is 7.92. The summed E-state index contributed by atoms with van der Waals surface area (Å²) in [6.07, 6.45) is -0.788. The van der Waals surface area contributed by atoms with Gasteiger partial charge in [0, 0.05) is 23.7 Å². The summed E-state index contributed by atoms with van der Waals surface area (Å²) in [5.74, 6) is -5.43. The Kier molecular flexibility index (Phi) is 5.41. The Morgan fingerprint density at radius 1 is 0.929 bits per heavy atom. The molecule has 0 heterocycles. The summed E-state index contributed by atoms with van der Waals surface area (Å²) in [4.78, 5) is 21.5. The van der Waals surface area contributed by atoms with E-state index in [9.17, 15) is 46.5 Å². The van der Waals surface area contributed by atoms with E-state index in [0.717, 1.165) is 0 Å². The van der Waals surface area contributed by atoms with Crippen LogP contribution in [0, 0.1) is 17.3 Å². The molecule has 158 valence electrons. The van der Waals surface area contributed by atoms with Crippen molar-refractivity contribution in [1.82, 2.24) is 0 Å². The van der Waals surface area contributed by atoms with Crippen LogP contribution < -0.4 is 0 Å². The van der Waals surface area contributed by atoms with Crippen LogP contribution in [0.1, 0.15) is 26.7 Å². The van der Waals surface area contributed by atoms with Crippen LogP contribution in [0.3, 0.4) is 0 Å². The largest absolute Gasteiger partial charge is 0.314 e. The zero-order valence-electron chi connectivity index (χ0n) is 14.3. The lowest BCUT2D eigenvalue weighted by molar-refractivity contribution is -0.138. The normalized spacial score (nSPS) is 24.8. The first-order valence-corrected chi connectivity index (χ1v) is 11.7. The molecule has 0 amide bonds. The summed E-state index contributed by atoms with van der Waals surface area (Å²) < 4.78 is 109. The van der Waals surface area contributed by atoms with Gasteiger partial charge in [-0.15, -0.1) is 11.7 Å². The van der Waals surface area contributed by atoms with Crippen molar-refractivity contribution in [2.45, 2.75) is 31.9 Å². The Morgan fingerprint density at radius 2 is 1.39 bits per heavy atom. The van der Waals surface area contributed by atoms with Crippen LogP contribution in [0.25, 0.3) is 0 Å². The van der Waals surface area contributed by atoms with Crippen LogP contribution >= 0.6 is 0 Å². The van der Waals surface area contributed by atoms with Crippen molar-refractivity contribution in [3.63, 3.8) is 0 Å². The summed E-state index contributed by atoms with van der Waals surface area (Å²) in [7, 11) is -17.6. The second-order valence-corrected chi connectivity index (χ2v) is 11.3. The second-order valence-electron chi connectivity index (χ2n) is 7.19. The van der Waals surface area contributed by atoms with E-state index in [0.29, 0.717) is 0 Å². The van der Waals surface area contributed by atoms with Crippen LogP contribution in [0.2, 0.25) is 0 Å². The van der Waals surface area contributed by atoms with Gasteiger partial charge in [0.05, 0.1) is 5.25 Å². The smallest absolute Gasteiger partial charge is 0.300 e. The maximum Gasteiger partial charge on any atom is 0.314 e. The average molecular weight is 463 g/mol. The maximum atomic E-state index is 13.8.